The molecule has 0 aromatic heterocycles. The Bertz CT molecular complexity index is 352. The second kappa shape index (κ2) is 3.30. The van der Waals surface area contributed by atoms with Gasteiger partial charge in [0.25, 0.3) is 0 Å². The number of nitrogens with one attached hydrogen (secondary N) is 1. The summed E-state index contributed by atoms with van der Waals surface area (Å²) in [6.45, 7) is 10.1. The van der Waals surface area contributed by atoms with Gasteiger partial charge in [0.05, 0.1) is 0 Å². The fourth-order valence-electron chi connectivity index (χ4n) is 2.30. The van der Waals surface area contributed by atoms with Gasteiger partial charge < -0.3 is 5.32 Å². The zero-order valence-corrected chi connectivity index (χ0v) is 9.52. The van der Waals surface area contributed by atoms with Crippen LogP contribution in [0.4, 0.5) is 5.69 Å². The monoisotopic (exact) mass is 189 g/mol. The van der Waals surface area contributed by atoms with E-state index in [9.17, 15) is 0 Å². The summed E-state index contributed by atoms with van der Waals surface area (Å²) in [6.07, 6.45) is 0. The predicted molar refractivity (Wildman–Crippen MR) is 62.0 cm³/mol. The molecule has 0 amide bonds. The molecule has 0 aliphatic carbocycles. The van der Waals surface area contributed by atoms with Crippen LogP contribution in [0.1, 0.15) is 36.5 Å². The molecule has 76 valence electrons. The Morgan fingerprint density at radius 3 is 2.64 bits per heavy atom. The molecule has 0 saturated heterocycles. The summed E-state index contributed by atoms with van der Waals surface area (Å²) < 4.78 is 0. The van der Waals surface area contributed by atoms with Crippen molar-refractivity contribution < 1.29 is 0 Å². The molecule has 1 aliphatic heterocycles. The number of fused-ring (bicyclic) bond motifs is 1. The summed E-state index contributed by atoms with van der Waals surface area (Å²) in [4.78, 5) is 0. The molecule has 0 saturated carbocycles. The summed E-state index contributed by atoms with van der Waals surface area (Å²) in [5.41, 5.74) is 5.72. The molecule has 1 nitrogen and oxygen atoms in total. The smallest absolute Gasteiger partial charge is 0.0408 e. The van der Waals surface area contributed by atoms with E-state index in [1.54, 1.807) is 0 Å². The molecule has 1 N–H and O–H groups in total. The molecule has 0 spiro atoms. The average Bonchev–Trinajstić information content (AvgIpc) is 2.55. The Labute approximate surface area is 86.5 Å². The van der Waals surface area contributed by atoms with Crippen molar-refractivity contribution >= 4 is 5.69 Å². The van der Waals surface area contributed by atoms with E-state index in [0.29, 0.717) is 5.92 Å². The minimum Gasteiger partial charge on any atom is -0.384 e. The van der Waals surface area contributed by atoms with Gasteiger partial charge in [-0.1, -0.05) is 26.0 Å². The summed E-state index contributed by atoms with van der Waals surface area (Å²) in [6, 6.07) is 4.54. The topological polar surface area (TPSA) is 12.0 Å². The first-order valence-corrected chi connectivity index (χ1v) is 5.45. The van der Waals surface area contributed by atoms with E-state index in [2.05, 4.69) is 45.1 Å². The van der Waals surface area contributed by atoms with E-state index in [0.717, 1.165) is 12.5 Å². The zero-order valence-electron chi connectivity index (χ0n) is 9.52. The van der Waals surface area contributed by atoms with Crippen molar-refractivity contribution in [1.82, 2.24) is 0 Å². The molecule has 1 heteroatoms. The van der Waals surface area contributed by atoms with Gasteiger partial charge in [0.2, 0.25) is 0 Å². The number of anilines is 1. The third-order valence-electron chi connectivity index (χ3n) is 3.47. The average molecular weight is 189 g/mol. The number of rotatable bonds is 1. The summed E-state index contributed by atoms with van der Waals surface area (Å²) >= 11 is 0. The molecule has 1 unspecified atom stereocenters. The van der Waals surface area contributed by atoms with Crippen LogP contribution >= 0.6 is 0 Å². The lowest BCUT2D eigenvalue weighted by atomic mass is 9.89. The van der Waals surface area contributed by atoms with Gasteiger partial charge in [-0.3, -0.25) is 0 Å². The maximum Gasteiger partial charge on any atom is 0.0408 e. The number of aryl methyl sites for hydroxylation is 1. The molecule has 1 aliphatic rings. The Kier molecular flexibility index (Phi) is 2.26. The SMILES string of the molecule is Cc1ccc2c(c1C)NCC2C(C)C. The minimum absolute atomic E-state index is 0.698. The van der Waals surface area contributed by atoms with E-state index < -0.39 is 0 Å². The van der Waals surface area contributed by atoms with Gasteiger partial charge in [0, 0.05) is 18.2 Å². The largest absolute Gasteiger partial charge is 0.384 e. The van der Waals surface area contributed by atoms with Crippen molar-refractivity contribution in [2.75, 3.05) is 11.9 Å². The lowest BCUT2D eigenvalue weighted by Crippen LogP contribution is -2.08. The van der Waals surface area contributed by atoms with Crippen LogP contribution in [0.25, 0.3) is 0 Å². The first-order valence-electron chi connectivity index (χ1n) is 5.45. The molecule has 1 heterocycles. The van der Waals surface area contributed by atoms with Gasteiger partial charge in [-0.25, -0.2) is 0 Å². The van der Waals surface area contributed by atoms with Gasteiger partial charge in [0.1, 0.15) is 0 Å². The standard InChI is InChI=1S/C13H19N/c1-8(2)12-7-14-13-10(4)9(3)5-6-11(12)13/h5-6,8,12,14H,7H2,1-4H3. The Morgan fingerprint density at radius 2 is 2.00 bits per heavy atom. The van der Waals surface area contributed by atoms with Crippen LogP contribution in [0.3, 0.4) is 0 Å². The van der Waals surface area contributed by atoms with Crippen LogP contribution in [-0.2, 0) is 0 Å². The van der Waals surface area contributed by atoms with Crippen LogP contribution in [0, 0.1) is 19.8 Å². The van der Waals surface area contributed by atoms with E-state index in [1.807, 2.05) is 0 Å². The molecule has 0 radical (unpaired) electrons. The van der Waals surface area contributed by atoms with Crippen molar-refractivity contribution in [3.63, 3.8) is 0 Å². The fourth-order valence-corrected chi connectivity index (χ4v) is 2.30. The second-order valence-corrected chi connectivity index (χ2v) is 4.70. The maximum absolute atomic E-state index is 3.54. The summed E-state index contributed by atoms with van der Waals surface area (Å²) in [5, 5.41) is 3.54. The van der Waals surface area contributed by atoms with Crippen LogP contribution in [-0.4, -0.2) is 6.54 Å². The van der Waals surface area contributed by atoms with Gasteiger partial charge >= 0.3 is 0 Å². The van der Waals surface area contributed by atoms with Gasteiger partial charge in [-0.15, -0.1) is 0 Å². The fraction of sp³-hybridized carbons (Fsp3) is 0.538. The zero-order chi connectivity index (χ0) is 10.3. The van der Waals surface area contributed by atoms with E-state index in [4.69, 9.17) is 0 Å². The highest BCUT2D eigenvalue weighted by Crippen LogP contribution is 2.38. The van der Waals surface area contributed by atoms with Crippen molar-refractivity contribution in [2.45, 2.75) is 33.6 Å². The first-order chi connectivity index (χ1) is 6.61. The molecule has 1 aromatic carbocycles. The predicted octanol–water partition coefficient (Wildman–Crippen LogP) is 3.47. The molecule has 0 bridgehead atoms. The number of hydrogen-bond acceptors (Lipinski definition) is 1. The van der Waals surface area contributed by atoms with Crippen molar-refractivity contribution in [2.24, 2.45) is 5.92 Å². The lowest BCUT2D eigenvalue weighted by molar-refractivity contribution is 0.533. The summed E-state index contributed by atoms with van der Waals surface area (Å²) in [7, 11) is 0. The van der Waals surface area contributed by atoms with Crippen molar-refractivity contribution in [1.29, 1.82) is 0 Å². The van der Waals surface area contributed by atoms with Gasteiger partial charge in [-0.05, 0) is 36.5 Å². The molecular weight excluding hydrogens is 170 g/mol. The Balaban J connectivity index is 2.48. The summed E-state index contributed by atoms with van der Waals surface area (Å²) in [5.74, 6) is 1.43. The Morgan fingerprint density at radius 1 is 1.29 bits per heavy atom. The second-order valence-electron chi connectivity index (χ2n) is 4.70. The maximum atomic E-state index is 3.54. The Hall–Kier alpha value is -0.980. The highest BCUT2D eigenvalue weighted by atomic mass is 14.9. The molecule has 1 aromatic rings. The van der Waals surface area contributed by atoms with E-state index in [1.165, 1.54) is 22.4 Å². The third-order valence-corrected chi connectivity index (χ3v) is 3.47. The number of hydrogen-bond donors (Lipinski definition) is 1. The van der Waals surface area contributed by atoms with Crippen LogP contribution in [0.2, 0.25) is 0 Å². The molecule has 0 fully saturated rings. The van der Waals surface area contributed by atoms with Crippen LogP contribution in [0.15, 0.2) is 12.1 Å². The van der Waals surface area contributed by atoms with Crippen LogP contribution in [0.5, 0.6) is 0 Å². The highest BCUT2D eigenvalue weighted by Gasteiger charge is 2.25. The minimum atomic E-state index is 0.698. The normalized spacial score (nSPS) is 19.6. The molecule has 2 rings (SSSR count). The van der Waals surface area contributed by atoms with Gasteiger partial charge in [0.15, 0.2) is 0 Å². The third kappa shape index (κ3) is 1.31. The first kappa shape index (κ1) is 9.57. The molecule has 1 atom stereocenters. The quantitative estimate of drug-likeness (QED) is 0.713. The van der Waals surface area contributed by atoms with E-state index >= 15 is 0 Å². The molecular formula is C13H19N. The lowest BCUT2D eigenvalue weighted by Gasteiger charge is -2.14. The molecule has 14 heavy (non-hydrogen) atoms. The van der Waals surface area contributed by atoms with Gasteiger partial charge in [-0.2, -0.15) is 0 Å². The van der Waals surface area contributed by atoms with Crippen LogP contribution < -0.4 is 5.32 Å². The highest BCUT2D eigenvalue weighted by molar-refractivity contribution is 5.64. The van der Waals surface area contributed by atoms with Crippen molar-refractivity contribution in [3.05, 3.63) is 28.8 Å². The van der Waals surface area contributed by atoms with Crippen molar-refractivity contribution in [3.8, 4) is 0 Å². The van der Waals surface area contributed by atoms with E-state index in [-0.39, 0.29) is 0 Å². The number of benzene rings is 1.